The van der Waals surface area contributed by atoms with Crippen molar-refractivity contribution in [2.45, 2.75) is 13.0 Å². The molecule has 24 heavy (non-hydrogen) atoms. The van der Waals surface area contributed by atoms with E-state index in [1.165, 1.54) is 6.08 Å². The molecule has 1 N–H and O–H groups in total. The monoisotopic (exact) mass is 335 g/mol. The Morgan fingerprint density at radius 1 is 1.04 bits per heavy atom. The molecule has 0 aliphatic carbocycles. The number of hydrogen-bond donors (Lipinski definition) is 1. The van der Waals surface area contributed by atoms with Gasteiger partial charge in [-0.15, -0.1) is 0 Å². The first kappa shape index (κ1) is 17.6. The summed E-state index contributed by atoms with van der Waals surface area (Å²) in [7, 11) is 0. The topological polar surface area (TPSA) is 38.3 Å². The maximum Gasteiger partial charge on any atom is 0.407 e. The maximum absolute atomic E-state index is 13.4. The molecule has 0 radical (unpaired) electrons. The van der Waals surface area contributed by atoms with Crippen molar-refractivity contribution in [1.29, 1.82) is 0 Å². The van der Waals surface area contributed by atoms with Gasteiger partial charge >= 0.3 is 6.09 Å². The normalized spacial score (nSPS) is 10.8. The minimum absolute atomic E-state index is 0.0550. The predicted molar refractivity (Wildman–Crippen MR) is 84.6 cm³/mol. The van der Waals surface area contributed by atoms with E-state index in [-0.39, 0.29) is 18.7 Å². The average Bonchev–Trinajstić information content (AvgIpc) is 2.58. The lowest BCUT2D eigenvalue weighted by atomic mass is 10.1. The molecule has 3 nitrogen and oxygen atoms in total. The van der Waals surface area contributed by atoms with Crippen LogP contribution in [0.25, 0.3) is 6.08 Å². The Balaban J connectivity index is 1.70. The molecule has 0 aliphatic rings. The van der Waals surface area contributed by atoms with Gasteiger partial charge in [0.2, 0.25) is 0 Å². The van der Waals surface area contributed by atoms with Crippen LogP contribution in [0.3, 0.4) is 0 Å². The van der Waals surface area contributed by atoms with Crippen LogP contribution in [0.5, 0.6) is 0 Å². The van der Waals surface area contributed by atoms with Crippen molar-refractivity contribution in [1.82, 2.24) is 5.32 Å². The summed E-state index contributed by atoms with van der Waals surface area (Å²) in [5.74, 6) is -3.19. The lowest BCUT2D eigenvalue weighted by Gasteiger charge is -2.06. The van der Waals surface area contributed by atoms with Crippen molar-refractivity contribution in [2.24, 2.45) is 0 Å². The van der Waals surface area contributed by atoms with Gasteiger partial charge in [0.25, 0.3) is 0 Å². The molecule has 0 aliphatic heterocycles. The minimum atomic E-state index is -1.23. The first-order valence-corrected chi connectivity index (χ1v) is 7.32. The Hall–Kier alpha value is -2.76. The summed E-state index contributed by atoms with van der Waals surface area (Å²) in [6, 6.07) is 10.5. The number of carbonyl (C=O) groups is 1. The quantitative estimate of drug-likeness (QED) is 0.626. The molecule has 2 rings (SSSR count). The number of ether oxygens (including phenoxy) is 1. The van der Waals surface area contributed by atoms with Crippen molar-refractivity contribution in [3.05, 3.63) is 77.1 Å². The van der Waals surface area contributed by atoms with Crippen molar-refractivity contribution in [2.75, 3.05) is 6.54 Å². The number of nitrogens with one attached hydrogen (secondary N) is 1. The van der Waals surface area contributed by atoms with Crippen LogP contribution in [0.4, 0.5) is 18.0 Å². The molecule has 0 spiro atoms. The maximum atomic E-state index is 13.4. The zero-order valence-electron chi connectivity index (χ0n) is 12.8. The van der Waals surface area contributed by atoms with E-state index in [1.807, 2.05) is 30.3 Å². The molecule has 0 saturated carbocycles. The number of alkyl carbamates (subject to hydrolysis) is 1. The Morgan fingerprint density at radius 3 is 2.50 bits per heavy atom. The highest BCUT2D eigenvalue weighted by atomic mass is 19.2. The lowest BCUT2D eigenvalue weighted by Crippen LogP contribution is -2.24. The van der Waals surface area contributed by atoms with Crippen molar-refractivity contribution in [3.63, 3.8) is 0 Å². The van der Waals surface area contributed by atoms with Crippen LogP contribution >= 0.6 is 0 Å². The molecule has 6 heteroatoms. The van der Waals surface area contributed by atoms with E-state index in [0.29, 0.717) is 12.5 Å². The predicted octanol–water partition coefficient (Wildman–Crippen LogP) is 4.43. The molecule has 0 atom stereocenters. The highest BCUT2D eigenvalue weighted by molar-refractivity contribution is 5.67. The van der Waals surface area contributed by atoms with Crippen LogP contribution < -0.4 is 5.32 Å². The molecule has 0 unspecified atom stereocenters. The van der Waals surface area contributed by atoms with E-state index in [2.05, 4.69) is 5.32 Å². The Morgan fingerprint density at radius 2 is 1.75 bits per heavy atom. The molecular weight excluding hydrogens is 319 g/mol. The van der Waals surface area contributed by atoms with E-state index in [9.17, 15) is 18.0 Å². The molecule has 0 bridgehead atoms. The van der Waals surface area contributed by atoms with Crippen LogP contribution in [0.15, 0.2) is 48.5 Å². The average molecular weight is 335 g/mol. The van der Waals surface area contributed by atoms with Gasteiger partial charge in [0.15, 0.2) is 11.6 Å². The number of halogens is 3. The van der Waals surface area contributed by atoms with E-state index < -0.39 is 23.5 Å². The first-order valence-electron chi connectivity index (χ1n) is 7.32. The summed E-state index contributed by atoms with van der Waals surface area (Å²) in [5, 5.41) is 2.53. The van der Waals surface area contributed by atoms with Gasteiger partial charge in [-0.2, -0.15) is 0 Å². The molecule has 1 amide bonds. The number of hydrogen-bond acceptors (Lipinski definition) is 2. The zero-order chi connectivity index (χ0) is 17.4. The van der Waals surface area contributed by atoms with Crippen LogP contribution in [-0.2, 0) is 11.3 Å². The summed E-state index contributed by atoms with van der Waals surface area (Å²) < 4.78 is 44.2. The fraction of sp³-hybridized carbons (Fsp3) is 0.167. The smallest absolute Gasteiger partial charge is 0.407 e. The van der Waals surface area contributed by atoms with Gasteiger partial charge in [0.05, 0.1) is 0 Å². The second-order valence-corrected chi connectivity index (χ2v) is 4.97. The second-order valence-electron chi connectivity index (χ2n) is 4.97. The summed E-state index contributed by atoms with van der Waals surface area (Å²) >= 11 is 0. The van der Waals surface area contributed by atoms with Gasteiger partial charge < -0.3 is 10.1 Å². The SMILES string of the molecule is O=C(NCCC=Cc1cc(F)c(F)cc1F)OCc1ccccc1. The number of rotatable bonds is 6. The van der Waals surface area contributed by atoms with E-state index in [0.717, 1.165) is 11.6 Å². The Kier molecular flexibility index (Phi) is 6.42. The molecule has 2 aromatic rings. The molecule has 0 fully saturated rings. The van der Waals surface area contributed by atoms with Gasteiger partial charge in [-0.05, 0) is 18.1 Å². The number of carbonyl (C=O) groups excluding carboxylic acids is 1. The third-order valence-corrected chi connectivity index (χ3v) is 3.13. The molecule has 0 saturated heterocycles. The van der Waals surface area contributed by atoms with Crippen LogP contribution in [0.2, 0.25) is 0 Å². The molecule has 0 heterocycles. The third kappa shape index (κ3) is 5.46. The highest BCUT2D eigenvalue weighted by Gasteiger charge is 2.07. The van der Waals surface area contributed by atoms with Crippen molar-refractivity contribution >= 4 is 12.2 Å². The largest absolute Gasteiger partial charge is 0.445 e. The second kappa shape index (κ2) is 8.76. The molecular formula is C18H16F3NO2. The molecule has 126 valence electrons. The summed E-state index contributed by atoms with van der Waals surface area (Å²) in [6.45, 7) is 0.442. The summed E-state index contributed by atoms with van der Waals surface area (Å²) in [6.07, 6.45) is 2.70. The van der Waals surface area contributed by atoms with Gasteiger partial charge in [-0.1, -0.05) is 42.5 Å². The van der Waals surface area contributed by atoms with Gasteiger partial charge in [-0.3, -0.25) is 0 Å². The van der Waals surface area contributed by atoms with Crippen LogP contribution in [0.1, 0.15) is 17.5 Å². The van der Waals surface area contributed by atoms with Crippen molar-refractivity contribution < 1.29 is 22.7 Å². The molecule has 0 aromatic heterocycles. The minimum Gasteiger partial charge on any atom is -0.445 e. The zero-order valence-corrected chi connectivity index (χ0v) is 12.8. The van der Waals surface area contributed by atoms with E-state index in [4.69, 9.17) is 4.74 Å². The fourth-order valence-corrected chi connectivity index (χ4v) is 1.91. The number of amides is 1. The highest BCUT2D eigenvalue weighted by Crippen LogP contribution is 2.15. The van der Waals surface area contributed by atoms with Gasteiger partial charge in [0, 0.05) is 18.2 Å². The van der Waals surface area contributed by atoms with E-state index in [1.54, 1.807) is 6.08 Å². The van der Waals surface area contributed by atoms with E-state index >= 15 is 0 Å². The van der Waals surface area contributed by atoms with Crippen LogP contribution in [-0.4, -0.2) is 12.6 Å². The third-order valence-electron chi connectivity index (χ3n) is 3.13. The van der Waals surface area contributed by atoms with Gasteiger partial charge in [0.1, 0.15) is 12.4 Å². The van der Waals surface area contributed by atoms with Crippen LogP contribution in [0, 0.1) is 17.5 Å². The Labute approximate surface area is 137 Å². The number of benzene rings is 2. The molecule has 2 aromatic carbocycles. The lowest BCUT2D eigenvalue weighted by molar-refractivity contribution is 0.140. The van der Waals surface area contributed by atoms with Crippen molar-refractivity contribution in [3.8, 4) is 0 Å². The Bertz CT molecular complexity index is 718. The fourth-order valence-electron chi connectivity index (χ4n) is 1.91. The summed E-state index contributed by atoms with van der Waals surface area (Å²) in [4.78, 5) is 11.5. The van der Waals surface area contributed by atoms with Gasteiger partial charge in [-0.25, -0.2) is 18.0 Å². The first-order chi connectivity index (χ1) is 11.6. The standard InChI is InChI=1S/C18H16F3NO2/c19-15-11-17(21)16(20)10-14(15)8-4-5-9-22-18(23)24-12-13-6-2-1-3-7-13/h1-4,6-8,10-11H,5,9,12H2,(H,22,23). The summed E-state index contributed by atoms with van der Waals surface area (Å²) in [5.41, 5.74) is 0.821.